The van der Waals surface area contributed by atoms with E-state index in [9.17, 15) is 4.79 Å². The lowest BCUT2D eigenvalue weighted by Gasteiger charge is -2.08. The monoisotopic (exact) mass is 214 g/mol. The van der Waals surface area contributed by atoms with Gasteiger partial charge in [0.2, 0.25) is 5.91 Å². The van der Waals surface area contributed by atoms with Gasteiger partial charge in [-0.2, -0.15) is 0 Å². The van der Waals surface area contributed by atoms with Crippen LogP contribution in [0.5, 0.6) is 0 Å². The molecular formula is C11H10N4O. The topological polar surface area (TPSA) is 49.9 Å². The minimum Gasteiger partial charge on any atom is -0.300 e. The molecule has 0 bridgehead atoms. The van der Waals surface area contributed by atoms with Gasteiger partial charge in [-0.1, -0.05) is 19.1 Å². The van der Waals surface area contributed by atoms with Crippen LogP contribution in [0.2, 0.25) is 0 Å². The second-order valence-electron chi connectivity index (χ2n) is 2.95. The fourth-order valence-corrected chi connectivity index (χ4v) is 1.02. The van der Waals surface area contributed by atoms with Gasteiger partial charge in [0.15, 0.2) is 11.4 Å². The number of amides is 1. The number of nitrogens with zero attached hydrogens (tertiary/aromatic N) is 2. The van der Waals surface area contributed by atoms with Crippen LogP contribution in [0.3, 0.4) is 0 Å². The van der Waals surface area contributed by atoms with Gasteiger partial charge in [0.1, 0.15) is 0 Å². The van der Waals surface area contributed by atoms with E-state index in [-0.39, 0.29) is 11.6 Å². The first-order valence-corrected chi connectivity index (χ1v) is 4.65. The lowest BCUT2D eigenvalue weighted by Crippen LogP contribution is -2.28. The van der Waals surface area contributed by atoms with E-state index in [0.29, 0.717) is 17.8 Å². The zero-order valence-electron chi connectivity index (χ0n) is 8.74. The molecule has 0 heterocycles. The van der Waals surface area contributed by atoms with Crippen LogP contribution in [-0.2, 0) is 4.79 Å². The summed E-state index contributed by atoms with van der Waals surface area (Å²) in [5.74, 6) is -0.140. The van der Waals surface area contributed by atoms with E-state index in [1.54, 1.807) is 19.1 Å². The van der Waals surface area contributed by atoms with Crippen molar-refractivity contribution in [3.63, 3.8) is 0 Å². The predicted octanol–water partition coefficient (Wildman–Crippen LogP) is 2.64. The molecule has 0 atom stereocenters. The van der Waals surface area contributed by atoms with Crippen molar-refractivity contribution >= 4 is 23.0 Å². The fourth-order valence-electron chi connectivity index (χ4n) is 1.02. The van der Waals surface area contributed by atoms with Crippen LogP contribution < -0.4 is 10.9 Å². The highest BCUT2D eigenvalue weighted by Gasteiger charge is 2.03. The summed E-state index contributed by atoms with van der Waals surface area (Å²) in [5, 5.41) is 0. The van der Waals surface area contributed by atoms with E-state index in [1.165, 1.54) is 6.07 Å². The summed E-state index contributed by atoms with van der Waals surface area (Å²) in [6.45, 7) is 15.5. The maximum Gasteiger partial charge on any atom is 0.238 e. The molecule has 1 rings (SSSR count). The number of carbonyl (C=O) groups excluding carboxylic acids is 1. The molecule has 1 aromatic rings. The molecule has 16 heavy (non-hydrogen) atoms. The zero-order valence-corrected chi connectivity index (χ0v) is 8.74. The Morgan fingerprint density at radius 2 is 2.00 bits per heavy atom. The van der Waals surface area contributed by atoms with Crippen LogP contribution in [0.15, 0.2) is 18.2 Å². The zero-order chi connectivity index (χ0) is 12.0. The van der Waals surface area contributed by atoms with E-state index in [0.717, 1.165) is 0 Å². The quantitative estimate of drug-likeness (QED) is 0.600. The van der Waals surface area contributed by atoms with E-state index < -0.39 is 0 Å². The van der Waals surface area contributed by atoms with Gasteiger partial charge in [-0.15, -0.1) is 0 Å². The number of hydrogen-bond donors (Lipinski definition) is 2. The van der Waals surface area contributed by atoms with E-state index in [4.69, 9.17) is 13.1 Å². The molecule has 0 saturated heterocycles. The first kappa shape index (κ1) is 11.5. The molecule has 5 heteroatoms. The number of hydrazine groups is 1. The summed E-state index contributed by atoms with van der Waals surface area (Å²) in [6, 6.07) is 4.70. The van der Waals surface area contributed by atoms with Crippen LogP contribution in [0.25, 0.3) is 9.69 Å². The minimum atomic E-state index is -0.140. The molecule has 0 spiro atoms. The number of hydrogen-bond acceptors (Lipinski definition) is 2. The molecule has 0 aliphatic rings. The Bertz CT molecular complexity index is 482. The second-order valence-corrected chi connectivity index (χ2v) is 2.95. The normalized spacial score (nSPS) is 8.69. The van der Waals surface area contributed by atoms with Crippen molar-refractivity contribution in [3.8, 4) is 0 Å². The molecule has 0 unspecified atom stereocenters. The molecule has 1 aromatic carbocycles. The van der Waals surface area contributed by atoms with Crippen molar-refractivity contribution in [3.05, 3.63) is 41.0 Å². The summed E-state index contributed by atoms with van der Waals surface area (Å²) in [6.07, 6.45) is 0.378. The SMILES string of the molecule is [C-]#[N+]c1ccc(NNC(=O)CC)cc1[N+]#[C-]. The lowest BCUT2D eigenvalue weighted by atomic mass is 10.2. The Morgan fingerprint density at radius 3 is 2.56 bits per heavy atom. The van der Waals surface area contributed by atoms with Crippen LogP contribution in [0.1, 0.15) is 13.3 Å². The van der Waals surface area contributed by atoms with Crippen molar-refractivity contribution in [1.82, 2.24) is 5.43 Å². The Morgan fingerprint density at radius 1 is 1.31 bits per heavy atom. The summed E-state index contributed by atoms with van der Waals surface area (Å²) < 4.78 is 0. The van der Waals surface area contributed by atoms with Gasteiger partial charge in [-0.25, -0.2) is 0 Å². The highest BCUT2D eigenvalue weighted by molar-refractivity contribution is 5.79. The summed E-state index contributed by atoms with van der Waals surface area (Å²) in [7, 11) is 0. The molecule has 0 aliphatic carbocycles. The molecule has 0 radical (unpaired) electrons. The molecule has 80 valence electrons. The molecule has 0 fully saturated rings. The van der Waals surface area contributed by atoms with Crippen LogP contribution in [0, 0.1) is 13.1 Å². The molecule has 2 N–H and O–H groups in total. The van der Waals surface area contributed by atoms with Gasteiger partial charge < -0.3 is 5.43 Å². The fraction of sp³-hybridized carbons (Fsp3) is 0.182. The number of rotatable bonds is 3. The Hall–Kier alpha value is -2.53. The van der Waals surface area contributed by atoms with E-state index in [1.807, 2.05) is 0 Å². The maximum atomic E-state index is 11.0. The second kappa shape index (κ2) is 5.38. The third-order valence-corrected chi connectivity index (χ3v) is 1.88. The Balaban J connectivity index is 2.81. The predicted molar refractivity (Wildman–Crippen MR) is 61.0 cm³/mol. The van der Waals surface area contributed by atoms with Crippen molar-refractivity contribution in [2.45, 2.75) is 13.3 Å². The molecular weight excluding hydrogens is 204 g/mol. The van der Waals surface area contributed by atoms with Crippen molar-refractivity contribution in [1.29, 1.82) is 0 Å². The van der Waals surface area contributed by atoms with Crippen molar-refractivity contribution in [2.75, 3.05) is 5.43 Å². The van der Waals surface area contributed by atoms with Gasteiger partial charge >= 0.3 is 0 Å². The highest BCUT2D eigenvalue weighted by Crippen LogP contribution is 2.30. The van der Waals surface area contributed by atoms with E-state index >= 15 is 0 Å². The minimum absolute atomic E-state index is 0.140. The summed E-state index contributed by atoms with van der Waals surface area (Å²) in [5.41, 5.74) is 6.30. The molecule has 0 aliphatic heterocycles. The third kappa shape index (κ3) is 2.73. The van der Waals surface area contributed by atoms with Gasteiger partial charge in [0.05, 0.1) is 13.1 Å². The number of nitrogens with one attached hydrogen (secondary N) is 2. The van der Waals surface area contributed by atoms with Crippen molar-refractivity contribution in [2.24, 2.45) is 0 Å². The van der Waals surface area contributed by atoms with Gasteiger partial charge in [-0.3, -0.25) is 19.9 Å². The summed E-state index contributed by atoms with van der Waals surface area (Å²) >= 11 is 0. The van der Waals surface area contributed by atoms with Crippen LogP contribution >= 0.6 is 0 Å². The average Bonchev–Trinajstić information content (AvgIpc) is 2.35. The first-order chi connectivity index (χ1) is 7.71. The van der Waals surface area contributed by atoms with Crippen LogP contribution in [0.4, 0.5) is 17.1 Å². The number of anilines is 1. The summed E-state index contributed by atoms with van der Waals surface area (Å²) in [4.78, 5) is 17.4. The maximum absolute atomic E-state index is 11.0. The standard InChI is InChI=1S/C11H10N4O/c1-4-11(16)15-14-8-5-6-9(12-2)10(7-8)13-3/h5-7,14H,4H2,1H3,(H,15,16). The van der Waals surface area contributed by atoms with Gasteiger partial charge in [0, 0.05) is 12.1 Å². The smallest absolute Gasteiger partial charge is 0.238 e. The Labute approximate surface area is 93.7 Å². The third-order valence-electron chi connectivity index (χ3n) is 1.88. The first-order valence-electron chi connectivity index (χ1n) is 4.65. The van der Waals surface area contributed by atoms with Crippen LogP contribution in [-0.4, -0.2) is 5.91 Å². The molecule has 1 amide bonds. The molecule has 0 saturated carbocycles. The lowest BCUT2D eigenvalue weighted by molar-refractivity contribution is -0.120. The number of benzene rings is 1. The van der Waals surface area contributed by atoms with Gasteiger partial charge in [-0.05, 0) is 6.07 Å². The van der Waals surface area contributed by atoms with Crippen molar-refractivity contribution < 1.29 is 4.79 Å². The van der Waals surface area contributed by atoms with Gasteiger partial charge in [0.25, 0.3) is 0 Å². The molecule has 0 aromatic heterocycles. The highest BCUT2D eigenvalue weighted by atomic mass is 16.2. The Kier molecular flexibility index (Phi) is 3.88. The number of carbonyl (C=O) groups is 1. The molecule has 5 nitrogen and oxygen atoms in total. The average molecular weight is 214 g/mol. The largest absolute Gasteiger partial charge is 0.300 e. The van der Waals surface area contributed by atoms with E-state index in [2.05, 4.69) is 20.5 Å².